The highest BCUT2D eigenvalue weighted by Crippen LogP contribution is 2.56. The van der Waals surface area contributed by atoms with E-state index in [-0.39, 0.29) is 5.41 Å². The Morgan fingerprint density at radius 2 is 1.14 bits per heavy atom. The van der Waals surface area contributed by atoms with Crippen LogP contribution in [0.15, 0.2) is 164 Å². The van der Waals surface area contributed by atoms with E-state index in [1.54, 1.807) is 0 Å². The molecule has 0 N–H and O–H groups in total. The van der Waals surface area contributed by atoms with Crippen molar-refractivity contribution in [2.45, 2.75) is 19.3 Å². The van der Waals surface area contributed by atoms with Gasteiger partial charge in [-0.15, -0.1) is 11.3 Å². The average molecular weight is 644 g/mol. The summed E-state index contributed by atoms with van der Waals surface area (Å²) in [4.78, 5) is 2.47. The summed E-state index contributed by atoms with van der Waals surface area (Å²) in [5, 5.41) is 7.71. The summed E-state index contributed by atoms with van der Waals surface area (Å²) < 4.78 is 2.61. The normalized spacial score (nSPS) is 13.3. The maximum absolute atomic E-state index is 2.47. The van der Waals surface area contributed by atoms with Crippen molar-refractivity contribution in [2.75, 3.05) is 4.90 Å². The Morgan fingerprint density at radius 3 is 2.00 bits per heavy atom. The van der Waals surface area contributed by atoms with Crippen molar-refractivity contribution in [1.29, 1.82) is 0 Å². The van der Waals surface area contributed by atoms with Gasteiger partial charge in [-0.1, -0.05) is 135 Å². The highest BCUT2D eigenvalue weighted by Gasteiger charge is 2.38. The van der Waals surface area contributed by atoms with Gasteiger partial charge in [-0.25, -0.2) is 0 Å². The molecule has 10 rings (SSSR count). The fourth-order valence-electron chi connectivity index (χ4n) is 8.51. The smallest absolute Gasteiger partial charge is 0.0555 e. The molecule has 0 aliphatic heterocycles. The van der Waals surface area contributed by atoms with E-state index in [0.29, 0.717) is 0 Å². The highest BCUT2D eigenvalue weighted by molar-refractivity contribution is 7.26. The molecule has 8 aromatic carbocycles. The van der Waals surface area contributed by atoms with Gasteiger partial charge in [0.1, 0.15) is 0 Å². The van der Waals surface area contributed by atoms with Gasteiger partial charge in [0.25, 0.3) is 0 Å². The Morgan fingerprint density at radius 1 is 0.469 bits per heavy atom. The first-order valence-electron chi connectivity index (χ1n) is 17.0. The number of benzene rings is 8. The van der Waals surface area contributed by atoms with E-state index in [1.165, 1.54) is 86.5 Å². The molecule has 0 atom stereocenters. The molecule has 0 unspecified atom stereocenters. The molecule has 0 amide bonds. The van der Waals surface area contributed by atoms with Crippen LogP contribution in [0.2, 0.25) is 0 Å². The number of rotatable bonds is 4. The monoisotopic (exact) mass is 643 g/mol. The lowest BCUT2D eigenvalue weighted by molar-refractivity contribution is 0.666. The van der Waals surface area contributed by atoms with Gasteiger partial charge in [0.2, 0.25) is 0 Å². The van der Waals surface area contributed by atoms with Crippen LogP contribution in [0.25, 0.3) is 64.0 Å². The third kappa shape index (κ3) is 4.11. The standard InChI is InChI=1S/C47H33NS/c1-47(2)39-23-12-10-21-36(39)44-38(29-30-15-6-7-18-32(30)46(44)47)34-27-28-40(35-20-9-8-19-33(34)35)48(31-16-4-3-5-17-31)41-24-14-26-43-45(41)37-22-11-13-25-42(37)49-43/h3-29H,1-2H3. The number of anilines is 3. The van der Waals surface area contributed by atoms with Crippen LogP contribution in [0.5, 0.6) is 0 Å². The molecule has 1 aliphatic carbocycles. The second kappa shape index (κ2) is 10.7. The zero-order chi connectivity index (χ0) is 32.7. The highest BCUT2D eigenvalue weighted by atomic mass is 32.1. The van der Waals surface area contributed by atoms with Gasteiger partial charge in [0, 0.05) is 36.7 Å². The maximum atomic E-state index is 2.47. The van der Waals surface area contributed by atoms with Crippen molar-refractivity contribution in [3.05, 3.63) is 175 Å². The molecule has 1 heterocycles. The summed E-state index contributed by atoms with van der Waals surface area (Å²) in [6, 6.07) is 60.5. The first-order chi connectivity index (χ1) is 24.1. The van der Waals surface area contributed by atoms with Gasteiger partial charge >= 0.3 is 0 Å². The Bertz CT molecular complexity index is 2750. The average Bonchev–Trinajstić information content (AvgIpc) is 3.65. The minimum Gasteiger partial charge on any atom is -0.309 e. The summed E-state index contributed by atoms with van der Waals surface area (Å²) in [5.74, 6) is 0. The van der Waals surface area contributed by atoms with Crippen LogP contribution in [0.3, 0.4) is 0 Å². The van der Waals surface area contributed by atoms with E-state index in [9.17, 15) is 0 Å². The molecule has 0 saturated heterocycles. The van der Waals surface area contributed by atoms with Crippen molar-refractivity contribution < 1.29 is 0 Å². The van der Waals surface area contributed by atoms with Crippen molar-refractivity contribution in [1.82, 2.24) is 0 Å². The molecule has 0 fully saturated rings. The van der Waals surface area contributed by atoms with E-state index in [2.05, 4.69) is 183 Å². The van der Waals surface area contributed by atoms with Crippen LogP contribution in [-0.4, -0.2) is 0 Å². The van der Waals surface area contributed by atoms with Gasteiger partial charge in [-0.05, 0) is 92.0 Å². The van der Waals surface area contributed by atoms with Crippen LogP contribution < -0.4 is 4.90 Å². The SMILES string of the molecule is CC1(C)c2ccccc2-c2c(-c3ccc(N(c4ccccc4)c4cccc5sc6ccccc6c45)c4ccccc34)cc3ccccc3c21. The van der Waals surface area contributed by atoms with Crippen LogP contribution >= 0.6 is 11.3 Å². The second-order valence-electron chi connectivity index (χ2n) is 13.7. The summed E-state index contributed by atoms with van der Waals surface area (Å²) in [5.41, 5.74) is 11.5. The molecule has 1 nitrogen and oxygen atoms in total. The fourth-order valence-corrected chi connectivity index (χ4v) is 9.64. The molecular formula is C47H33NS. The van der Waals surface area contributed by atoms with Gasteiger partial charge in [0.15, 0.2) is 0 Å². The predicted octanol–water partition coefficient (Wildman–Crippen LogP) is 13.8. The minimum absolute atomic E-state index is 0.108. The molecule has 0 radical (unpaired) electrons. The van der Waals surface area contributed by atoms with Crippen molar-refractivity contribution in [2.24, 2.45) is 0 Å². The predicted molar refractivity (Wildman–Crippen MR) is 212 cm³/mol. The molecular weight excluding hydrogens is 611 g/mol. The van der Waals surface area contributed by atoms with Gasteiger partial charge in [-0.2, -0.15) is 0 Å². The lowest BCUT2D eigenvalue weighted by Crippen LogP contribution is -2.15. The lowest BCUT2D eigenvalue weighted by Gasteiger charge is -2.28. The number of para-hydroxylation sites is 1. The number of fused-ring (bicyclic) bond motifs is 9. The van der Waals surface area contributed by atoms with E-state index in [0.717, 1.165) is 5.69 Å². The lowest BCUT2D eigenvalue weighted by atomic mass is 9.79. The Labute approximate surface area is 290 Å². The van der Waals surface area contributed by atoms with Crippen LogP contribution in [0, 0.1) is 0 Å². The molecule has 1 aromatic heterocycles. The molecule has 49 heavy (non-hydrogen) atoms. The quantitative estimate of drug-likeness (QED) is 0.184. The zero-order valence-electron chi connectivity index (χ0n) is 27.4. The van der Waals surface area contributed by atoms with Crippen LogP contribution in [0.1, 0.15) is 25.0 Å². The topological polar surface area (TPSA) is 3.24 Å². The number of nitrogens with zero attached hydrogens (tertiary/aromatic N) is 1. The van der Waals surface area contributed by atoms with Crippen LogP contribution in [-0.2, 0) is 5.41 Å². The Hall–Kier alpha value is -5.70. The van der Waals surface area contributed by atoms with Crippen molar-refractivity contribution in [3.63, 3.8) is 0 Å². The Balaban J connectivity index is 1.28. The molecule has 0 saturated carbocycles. The molecule has 0 bridgehead atoms. The first-order valence-corrected chi connectivity index (χ1v) is 17.8. The summed E-state index contributed by atoms with van der Waals surface area (Å²) in [7, 11) is 0. The van der Waals surface area contributed by atoms with E-state index in [1.807, 2.05) is 11.3 Å². The van der Waals surface area contributed by atoms with Crippen molar-refractivity contribution in [3.8, 4) is 22.3 Å². The fraction of sp³-hybridized carbons (Fsp3) is 0.0638. The van der Waals surface area contributed by atoms with Crippen molar-refractivity contribution >= 4 is 70.1 Å². The maximum Gasteiger partial charge on any atom is 0.0555 e. The first kappa shape index (κ1) is 28.3. The summed E-state index contributed by atoms with van der Waals surface area (Å²) in [6.45, 7) is 4.78. The molecule has 9 aromatic rings. The second-order valence-corrected chi connectivity index (χ2v) is 14.7. The molecule has 232 valence electrons. The third-order valence-electron chi connectivity index (χ3n) is 10.6. The molecule has 2 heteroatoms. The zero-order valence-corrected chi connectivity index (χ0v) is 28.3. The summed E-state index contributed by atoms with van der Waals surface area (Å²) >= 11 is 1.87. The molecule has 1 aliphatic rings. The van der Waals surface area contributed by atoms with Gasteiger partial charge in [0.05, 0.1) is 11.4 Å². The largest absolute Gasteiger partial charge is 0.309 e. The van der Waals surface area contributed by atoms with E-state index < -0.39 is 0 Å². The minimum atomic E-state index is -0.108. The van der Waals surface area contributed by atoms with E-state index in [4.69, 9.17) is 0 Å². The Kier molecular flexibility index (Phi) is 6.16. The summed E-state index contributed by atoms with van der Waals surface area (Å²) in [6.07, 6.45) is 0. The number of hydrogen-bond donors (Lipinski definition) is 0. The van der Waals surface area contributed by atoms with E-state index >= 15 is 0 Å². The van der Waals surface area contributed by atoms with Gasteiger partial charge in [-0.3, -0.25) is 0 Å². The van der Waals surface area contributed by atoms with Crippen LogP contribution in [0.4, 0.5) is 17.1 Å². The number of hydrogen-bond acceptors (Lipinski definition) is 2. The van der Waals surface area contributed by atoms with Gasteiger partial charge < -0.3 is 4.90 Å². The third-order valence-corrected chi connectivity index (χ3v) is 11.7. The number of thiophene rings is 1. The molecule has 0 spiro atoms.